The highest BCUT2D eigenvalue weighted by Crippen LogP contribution is 2.25. The Morgan fingerprint density at radius 3 is 2.21 bits per heavy atom. The van der Waals surface area contributed by atoms with Crippen LogP contribution in [0.15, 0.2) is 47.4 Å². The van der Waals surface area contributed by atoms with Crippen molar-refractivity contribution in [3.8, 4) is 0 Å². The molecule has 1 saturated heterocycles. The number of amides is 2. The van der Waals surface area contributed by atoms with E-state index in [1.165, 1.54) is 5.56 Å². The minimum atomic E-state index is -3.52. The Labute approximate surface area is 194 Å². The maximum Gasteiger partial charge on any atom is 0.238 e. The fraction of sp³-hybridized carbons (Fsp3) is 0.417. The molecule has 2 aromatic rings. The van der Waals surface area contributed by atoms with Gasteiger partial charge in [0, 0.05) is 30.9 Å². The van der Waals surface area contributed by atoms with E-state index >= 15 is 0 Å². The van der Waals surface area contributed by atoms with Crippen molar-refractivity contribution >= 4 is 33.0 Å². The van der Waals surface area contributed by atoms with E-state index in [2.05, 4.69) is 10.6 Å². The second-order valence-corrected chi connectivity index (χ2v) is 10.5. The summed E-state index contributed by atoms with van der Waals surface area (Å²) in [7, 11) is -3.52. The molecule has 0 bridgehead atoms. The standard InChI is InChI=1S/C24H29N3O5S/c28-23(10-15-33(30,31)22-9-4-18-2-1-3-19(18)16-22)25-20-5-7-21(8-6-20)26-24(29)17-27-11-13-32-14-12-27/h4-9,16H,1-3,10-15,17H2,(H,25,28)(H,26,29). The second-order valence-electron chi connectivity index (χ2n) is 8.42. The molecule has 176 valence electrons. The van der Waals surface area contributed by atoms with E-state index < -0.39 is 9.84 Å². The van der Waals surface area contributed by atoms with E-state index in [-0.39, 0.29) is 28.9 Å². The van der Waals surface area contributed by atoms with Gasteiger partial charge in [0.15, 0.2) is 9.84 Å². The molecule has 0 radical (unpaired) electrons. The highest BCUT2D eigenvalue weighted by atomic mass is 32.2. The van der Waals surface area contributed by atoms with Gasteiger partial charge in [0.1, 0.15) is 0 Å². The van der Waals surface area contributed by atoms with E-state index in [0.717, 1.165) is 37.9 Å². The topological polar surface area (TPSA) is 105 Å². The van der Waals surface area contributed by atoms with Gasteiger partial charge in [-0.2, -0.15) is 0 Å². The minimum Gasteiger partial charge on any atom is -0.379 e. The summed E-state index contributed by atoms with van der Waals surface area (Å²) >= 11 is 0. The Bertz CT molecular complexity index is 1110. The summed E-state index contributed by atoms with van der Waals surface area (Å²) in [6, 6.07) is 12.0. The summed E-state index contributed by atoms with van der Waals surface area (Å²) < 4.78 is 30.6. The van der Waals surface area contributed by atoms with Gasteiger partial charge in [0.05, 0.1) is 30.4 Å². The number of carbonyl (C=O) groups is 2. The van der Waals surface area contributed by atoms with Crippen molar-refractivity contribution < 1.29 is 22.7 Å². The number of rotatable bonds is 8. The van der Waals surface area contributed by atoms with E-state index in [1.54, 1.807) is 36.4 Å². The Balaban J connectivity index is 1.25. The van der Waals surface area contributed by atoms with Crippen LogP contribution in [-0.2, 0) is 37.0 Å². The highest BCUT2D eigenvalue weighted by Gasteiger charge is 2.20. The Morgan fingerprint density at radius 2 is 1.52 bits per heavy atom. The molecular weight excluding hydrogens is 442 g/mol. The third kappa shape index (κ3) is 6.40. The molecular formula is C24H29N3O5S. The van der Waals surface area contributed by atoms with Crippen LogP contribution in [-0.4, -0.2) is 63.7 Å². The van der Waals surface area contributed by atoms with Gasteiger partial charge in [0.25, 0.3) is 0 Å². The molecule has 1 fully saturated rings. The summed E-state index contributed by atoms with van der Waals surface area (Å²) in [5, 5.41) is 5.55. The fourth-order valence-corrected chi connectivity index (χ4v) is 5.40. The monoisotopic (exact) mass is 471 g/mol. The molecule has 0 atom stereocenters. The van der Waals surface area contributed by atoms with E-state index in [9.17, 15) is 18.0 Å². The number of hydrogen-bond acceptors (Lipinski definition) is 6. The third-order valence-electron chi connectivity index (χ3n) is 5.95. The molecule has 2 amide bonds. The number of carbonyl (C=O) groups excluding carboxylic acids is 2. The Morgan fingerprint density at radius 1 is 0.879 bits per heavy atom. The number of sulfone groups is 1. The molecule has 0 aromatic heterocycles. The predicted octanol–water partition coefficient (Wildman–Crippen LogP) is 2.25. The summed E-state index contributed by atoms with van der Waals surface area (Å²) in [6.45, 7) is 3.05. The van der Waals surface area contributed by atoms with Crippen LogP contribution in [0.1, 0.15) is 24.0 Å². The third-order valence-corrected chi connectivity index (χ3v) is 7.66. The van der Waals surface area contributed by atoms with Crippen LogP contribution < -0.4 is 10.6 Å². The number of aryl methyl sites for hydroxylation is 2. The van der Waals surface area contributed by atoms with Crippen molar-refractivity contribution in [3.05, 3.63) is 53.6 Å². The van der Waals surface area contributed by atoms with Gasteiger partial charge in [-0.05, 0) is 66.8 Å². The number of benzene rings is 2. The van der Waals surface area contributed by atoms with E-state index in [4.69, 9.17) is 4.74 Å². The summed E-state index contributed by atoms with van der Waals surface area (Å²) in [5.41, 5.74) is 3.48. The first-order chi connectivity index (χ1) is 15.9. The van der Waals surface area contributed by atoms with Crippen LogP contribution >= 0.6 is 0 Å². The van der Waals surface area contributed by atoms with Gasteiger partial charge < -0.3 is 15.4 Å². The smallest absolute Gasteiger partial charge is 0.238 e. The molecule has 2 N–H and O–H groups in total. The summed E-state index contributed by atoms with van der Waals surface area (Å²) in [6.07, 6.45) is 2.83. The number of fused-ring (bicyclic) bond motifs is 1. The summed E-state index contributed by atoms with van der Waals surface area (Å²) in [4.78, 5) is 26.8. The Hall–Kier alpha value is -2.75. The number of hydrogen-bond donors (Lipinski definition) is 2. The number of anilines is 2. The molecule has 4 rings (SSSR count). The maximum absolute atomic E-state index is 12.6. The minimum absolute atomic E-state index is 0.106. The van der Waals surface area contributed by atoms with Crippen molar-refractivity contribution in [2.75, 3.05) is 49.2 Å². The first-order valence-corrected chi connectivity index (χ1v) is 12.9. The zero-order chi connectivity index (χ0) is 23.3. The lowest BCUT2D eigenvalue weighted by molar-refractivity contribution is -0.118. The number of ether oxygens (including phenoxy) is 1. The quantitative estimate of drug-likeness (QED) is 0.612. The van der Waals surface area contributed by atoms with Gasteiger partial charge in [-0.3, -0.25) is 14.5 Å². The average molecular weight is 472 g/mol. The van der Waals surface area contributed by atoms with Crippen molar-refractivity contribution in [1.29, 1.82) is 0 Å². The maximum atomic E-state index is 12.6. The van der Waals surface area contributed by atoms with Gasteiger partial charge in [-0.1, -0.05) is 6.07 Å². The van der Waals surface area contributed by atoms with E-state index in [1.807, 2.05) is 11.0 Å². The SMILES string of the molecule is O=C(CCS(=O)(=O)c1ccc2c(c1)CCC2)Nc1ccc(NC(=O)CN2CCOCC2)cc1. The fourth-order valence-electron chi connectivity index (χ4n) is 4.11. The van der Waals surface area contributed by atoms with Crippen molar-refractivity contribution in [1.82, 2.24) is 4.90 Å². The molecule has 9 heteroatoms. The lowest BCUT2D eigenvalue weighted by Gasteiger charge is -2.25. The molecule has 0 unspecified atom stereocenters. The largest absolute Gasteiger partial charge is 0.379 e. The molecule has 0 saturated carbocycles. The molecule has 1 aliphatic carbocycles. The van der Waals surface area contributed by atoms with Gasteiger partial charge in [0.2, 0.25) is 11.8 Å². The van der Waals surface area contributed by atoms with Gasteiger partial charge in [-0.25, -0.2) is 8.42 Å². The second kappa shape index (κ2) is 10.5. The molecule has 8 nitrogen and oxygen atoms in total. The molecule has 33 heavy (non-hydrogen) atoms. The van der Waals surface area contributed by atoms with Crippen molar-refractivity contribution in [2.45, 2.75) is 30.6 Å². The van der Waals surface area contributed by atoms with Crippen LogP contribution in [0.5, 0.6) is 0 Å². The van der Waals surface area contributed by atoms with Crippen molar-refractivity contribution in [2.24, 2.45) is 0 Å². The predicted molar refractivity (Wildman–Crippen MR) is 126 cm³/mol. The average Bonchev–Trinajstić information content (AvgIpc) is 3.28. The van der Waals surface area contributed by atoms with Gasteiger partial charge in [-0.15, -0.1) is 0 Å². The van der Waals surface area contributed by atoms with Crippen LogP contribution in [0.25, 0.3) is 0 Å². The molecule has 2 aliphatic rings. The van der Waals surface area contributed by atoms with Crippen LogP contribution in [0, 0.1) is 0 Å². The Kier molecular flexibility index (Phi) is 7.42. The number of nitrogens with zero attached hydrogens (tertiary/aromatic N) is 1. The number of morpholine rings is 1. The normalized spacial score (nSPS) is 16.2. The molecule has 0 spiro atoms. The lowest BCUT2D eigenvalue weighted by atomic mass is 10.1. The number of nitrogens with one attached hydrogen (secondary N) is 2. The van der Waals surface area contributed by atoms with Crippen LogP contribution in [0.3, 0.4) is 0 Å². The lowest BCUT2D eigenvalue weighted by Crippen LogP contribution is -2.41. The van der Waals surface area contributed by atoms with E-state index in [0.29, 0.717) is 31.1 Å². The highest BCUT2D eigenvalue weighted by molar-refractivity contribution is 7.91. The van der Waals surface area contributed by atoms with Crippen LogP contribution in [0.4, 0.5) is 11.4 Å². The zero-order valence-electron chi connectivity index (χ0n) is 18.5. The first kappa shape index (κ1) is 23.4. The van der Waals surface area contributed by atoms with Gasteiger partial charge >= 0.3 is 0 Å². The molecule has 1 heterocycles. The van der Waals surface area contributed by atoms with Crippen LogP contribution in [0.2, 0.25) is 0 Å². The zero-order valence-corrected chi connectivity index (χ0v) is 19.3. The summed E-state index contributed by atoms with van der Waals surface area (Å²) in [5.74, 6) is -0.720. The van der Waals surface area contributed by atoms with Crippen molar-refractivity contribution in [3.63, 3.8) is 0 Å². The first-order valence-electron chi connectivity index (χ1n) is 11.2. The molecule has 2 aromatic carbocycles. The molecule has 1 aliphatic heterocycles.